The van der Waals surface area contributed by atoms with Crippen molar-refractivity contribution < 1.29 is 14.3 Å². The van der Waals surface area contributed by atoms with Crippen molar-refractivity contribution in [3.05, 3.63) is 53.3 Å². The Morgan fingerprint density at radius 1 is 1.17 bits per heavy atom. The molecule has 0 bridgehead atoms. The minimum atomic E-state index is -0.226. The van der Waals surface area contributed by atoms with Gasteiger partial charge in [-0.3, -0.25) is 9.59 Å². The van der Waals surface area contributed by atoms with Gasteiger partial charge in [0.1, 0.15) is 0 Å². The smallest absolute Gasteiger partial charge is 0.305 e. The third-order valence-corrected chi connectivity index (χ3v) is 5.56. The molecule has 0 saturated heterocycles. The van der Waals surface area contributed by atoms with Gasteiger partial charge in [-0.1, -0.05) is 30.0 Å². The Morgan fingerprint density at radius 3 is 2.66 bits per heavy atom. The fourth-order valence-electron chi connectivity index (χ4n) is 3.12. The molecular weight excluding hydrogens is 390 g/mol. The van der Waals surface area contributed by atoms with Crippen LogP contribution in [0.4, 0.5) is 0 Å². The molecule has 0 atom stereocenters. The zero-order chi connectivity index (χ0) is 20.8. The molecule has 0 N–H and O–H groups in total. The highest BCUT2D eigenvalue weighted by molar-refractivity contribution is 7.99. The van der Waals surface area contributed by atoms with Crippen molar-refractivity contribution in [1.82, 2.24) is 24.8 Å². The van der Waals surface area contributed by atoms with Gasteiger partial charge in [-0.2, -0.15) is 4.68 Å². The van der Waals surface area contributed by atoms with Crippen LogP contribution in [0, 0.1) is 13.8 Å². The first kappa shape index (κ1) is 20.8. The number of aryl methyl sites for hydroxylation is 1. The molecule has 0 radical (unpaired) electrons. The zero-order valence-corrected chi connectivity index (χ0v) is 17.5. The fourth-order valence-corrected chi connectivity index (χ4v) is 3.89. The summed E-state index contributed by atoms with van der Waals surface area (Å²) in [6, 6.07) is 11.5. The van der Waals surface area contributed by atoms with Crippen molar-refractivity contribution >= 4 is 23.5 Å². The number of hydrogen-bond acceptors (Lipinski definition) is 7. The monoisotopic (exact) mass is 413 g/mol. The Kier molecular flexibility index (Phi) is 6.82. The first-order chi connectivity index (χ1) is 14.0. The van der Waals surface area contributed by atoms with Crippen LogP contribution in [0.15, 0.2) is 41.6 Å². The zero-order valence-electron chi connectivity index (χ0n) is 16.7. The van der Waals surface area contributed by atoms with E-state index in [1.54, 1.807) is 4.68 Å². The van der Waals surface area contributed by atoms with E-state index < -0.39 is 0 Å². The highest BCUT2D eigenvalue weighted by Gasteiger charge is 2.18. The van der Waals surface area contributed by atoms with Gasteiger partial charge in [-0.15, -0.1) is 5.10 Å². The Balaban J connectivity index is 1.66. The average molecular weight is 414 g/mol. The lowest BCUT2D eigenvalue weighted by atomic mass is 10.2. The van der Waals surface area contributed by atoms with Crippen LogP contribution in [0.5, 0.6) is 0 Å². The summed E-state index contributed by atoms with van der Waals surface area (Å²) in [6.45, 7) is 4.56. The fraction of sp³-hybridized carbons (Fsp3) is 0.350. The SMILES string of the molecule is COC(=O)CCCn1c(C)cc(C(=O)CSc2nnnn2-c2ccccc2)c1C. The molecule has 9 heteroatoms. The Labute approximate surface area is 173 Å². The van der Waals surface area contributed by atoms with Crippen LogP contribution < -0.4 is 0 Å². The van der Waals surface area contributed by atoms with Gasteiger partial charge in [0.2, 0.25) is 5.16 Å². The third kappa shape index (κ3) is 4.92. The van der Waals surface area contributed by atoms with Crippen LogP contribution in [0.1, 0.15) is 34.6 Å². The summed E-state index contributed by atoms with van der Waals surface area (Å²) in [5.74, 6) is 0.0286. The molecule has 3 aromatic rings. The van der Waals surface area contributed by atoms with Gasteiger partial charge in [0.15, 0.2) is 5.78 Å². The summed E-state index contributed by atoms with van der Waals surface area (Å²) in [4.78, 5) is 24.1. The molecule has 0 fully saturated rings. The van der Waals surface area contributed by atoms with E-state index in [9.17, 15) is 9.59 Å². The number of nitrogens with zero attached hydrogens (tertiary/aromatic N) is 5. The summed E-state index contributed by atoms with van der Waals surface area (Å²) < 4.78 is 8.36. The molecule has 0 saturated carbocycles. The first-order valence-corrected chi connectivity index (χ1v) is 10.2. The Hall–Kier alpha value is -2.94. The molecule has 0 aliphatic heterocycles. The van der Waals surface area contributed by atoms with Crippen molar-refractivity contribution in [3.63, 3.8) is 0 Å². The number of tetrazole rings is 1. The topological polar surface area (TPSA) is 91.9 Å². The van der Waals surface area contributed by atoms with Crippen LogP contribution in [-0.2, 0) is 16.1 Å². The van der Waals surface area contributed by atoms with E-state index in [0.717, 1.165) is 17.1 Å². The summed E-state index contributed by atoms with van der Waals surface area (Å²) in [5, 5.41) is 12.3. The predicted molar refractivity (Wildman–Crippen MR) is 109 cm³/mol. The molecule has 8 nitrogen and oxygen atoms in total. The molecule has 2 heterocycles. The summed E-state index contributed by atoms with van der Waals surface area (Å²) in [5.41, 5.74) is 3.43. The van der Waals surface area contributed by atoms with E-state index >= 15 is 0 Å². The van der Waals surface area contributed by atoms with Gasteiger partial charge in [0.25, 0.3) is 0 Å². The van der Waals surface area contributed by atoms with Crippen molar-refractivity contribution in [2.24, 2.45) is 0 Å². The van der Waals surface area contributed by atoms with E-state index in [4.69, 9.17) is 0 Å². The third-order valence-electron chi connectivity index (χ3n) is 4.64. The van der Waals surface area contributed by atoms with Crippen LogP contribution in [0.3, 0.4) is 0 Å². The lowest BCUT2D eigenvalue weighted by Crippen LogP contribution is -2.09. The number of methoxy groups -OCH3 is 1. The van der Waals surface area contributed by atoms with Gasteiger partial charge in [0.05, 0.1) is 18.6 Å². The van der Waals surface area contributed by atoms with Crippen LogP contribution in [0.25, 0.3) is 5.69 Å². The quantitative estimate of drug-likeness (QED) is 0.302. The Bertz CT molecular complexity index is 997. The van der Waals surface area contributed by atoms with Crippen LogP contribution in [-0.4, -0.2) is 49.4 Å². The number of esters is 1. The largest absolute Gasteiger partial charge is 0.469 e. The lowest BCUT2D eigenvalue weighted by Gasteiger charge is -2.09. The van der Waals surface area contributed by atoms with Gasteiger partial charge >= 0.3 is 5.97 Å². The molecule has 0 unspecified atom stereocenters. The normalized spacial score (nSPS) is 10.9. The number of ketones is 1. The number of rotatable bonds is 9. The standard InChI is InChI=1S/C20H23N5O3S/c1-14-12-17(15(2)24(14)11-7-10-19(27)28-3)18(26)13-29-20-21-22-23-25(20)16-8-5-4-6-9-16/h4-6,8-9,12H,7,10-11,13H2,1-3H3. The Morgan fingerprint density at radius 2 is 1.93 bits per heavy atom. The van der Waals surface area contributed by atoms with E-state index in [1.165, 1.54) is 18.9 Å². The number of para-hydroxylation sites is 1. The van der Waals surface area contributed by atoms with Gasteiger partial charge in [-0.05, 0) is 48.9 Å². The van der Waals surface area contributed by atoms with Gasteiger partial charge < -0.3 is 9.30 Å². The van der Waals surface area contributed by atoms with E-state index in [1.807, 2.05) is 50.2 Å². The molecular formula is C20H23N5O3S. The highest BCUT2D eigenvalue weighted by atomic mass is 32.2. The van der Waals surface area contributed by atoms with Crippen molar-refractivity contribution in [2.75, 3.05) is 12.9 Å². The van der Waals surface area contributed by atoms with Crippen molar-refractivity contribution in [2.45, 2.75) is 38.4 Å². The van der Waals surface area contributed by atoms with E-state index in [0.29, 0.717) is 30.1 Å². The minimum Gasteiger partial charge on any atom is -0.469 e. The van der Waals surface area contributed by atoms with Crippen LogP contribution >= 0.6 is 11.8 Å². The average Bonchev–Trinajstić information content (AvgIpc) is 3.32. The molecule has 2 aromatic heterocycles. The first-order valence-electron chi connectivity index (χ1n) is 9.24. The summed E-state index contributed by atoms with van der Waals surface area (Å²) >= 11 is 1.31. The number of thioether (sulfide) groups is 1. The molecule has 0 spiro atoms. The van der Waals surface area contributed by atoms with Crippen molar-refractivity contribution in [1.29, 1.82) is 0 Å². The number of carbonyl (C=O) groups excluding carboxylic acids is 2. The molecule has 3 rings (SSSR count). The maximum Gasteiger partial charge on any atom is 0.305 e. The number of hydrogen-bond donors (Lipinski definition) is 0. The maximum absolute atomic E-state index is 12.8. The second-order valence-corrected chi connectivity index (χ2v) is 7.48. The number of carbonyl (C=O) groups is 2. The van der Waals surface area contributed by atoms with E-state index in [-0.39, 0.29) is 17.5 Å². The molecule has 0 aliphatic rings. The van der Waals surface area contributed by atoms with E-state index in [2.05, 4.69) is 24.8 Å². The predicted octanol–water partition coefficient (Wildman–Crippen LogP) is 3.01. The molecule has 1 aromatic carbocycles. The second-order valence-electron chi connectivity index (χ2n) is 6.54. The number of aromatic nitrogens is 5. The minimum absolute atomic E-state index is 0.0185. The van der Waals surface area contributed by atoms with Crippen LogP contribution in [0.2, 0.25) is 0 Å². The summed E-state index contributed by atoms with van der Waals surface area (Å²) in [6.07, 6.45) is 1.02. The highest BCUT2D eigenvalue weighted by Crippen LogP contribution is 2.22. The number of ether oxygens (including phenoxy) is 1. The number of Topliss-reactive ketones (excluding diaryl/α,β-unsaturated/α-hetero) is 1. The second kappa shape index (κ2) is 9.51. The lowest BCUT2D eigenvalue weighted by molar-refractivity contribution is -0.140. The molecule has 0 amide bonds. The molecule has 0 aliphatic carbocycles. The van der Waals surface area contributed by atoms with Gasteiger partial charge in [0, 0.05) is 29.9 Å². The maximum atomic E-state index is 12.8. The number of benzene rings is 1. The molecule has 152 valence electrons. The van der Waals surface area contributed by atoms with Gasteiger partial charge in [-0.25, -0.2) is 0 Å². The molecule has 29 heavy (non-hydrogen) atoms. The van der Waals surface area contributed by atoms with Crippen molar-refractivity contribution in [3.8, 4) is 5.69 Å². The summed E-state index contributed by atoms with van der Waals surface area (Å²) in [7, 11) is 1.39.